The van der Waals surface area contributed by atoms with E-state index in [-0.39, 0.29) is 40.3 Å². The first-order valence-electron chi connectivity index (χ1n) is 11.1. The van der Waals surface area contributed by atoms with Crippen LogP contribution in [0.5, 0.6) is 0 Å². The lowest BCUT2D eigenvalue weighted by Gasteiger charge is -2.57. The molecule has 0 spiro atoms. The van der Waals surface area contributed by atoms with Crippen molar-refractivity contribution in [2.45, 2.75) is 122 Å². The topological polar surface area (TPSA) is 70.5 Å². The first-order chi connectivity index (χ1) is 13.1. The molecule has 3 heterocycles. The second-order valence-corrected chi connectivity index (χ2v) is 12.0. The molecule has 3 saturated heterocycles. The van der Waals surface area contributed by atoms with E-state index in [4.69, 9.17) is 0 Å². The van der Waals surface area contributed by atoms with Crippen molar-refractivity contribution >= 4 is 6.03 Å². The summed E-state index contributed by atoms with van der Waals surface area (Å²) >= 11 is 0. The van der Waals surface area contributed by atoms with Crippen molar-refractivity contribution in [2.24, 2.45) is 0 Å². The Balaban J connectivity index is 1.81. The Hall–Kier alpha value is -0.890. The minimum atomic E-state index is -0.374. The number of hydrogen-bond acceptors (Lipinski definition) is 5. The molecule has 3 aliphatic heterocycles. The Morgan fingerprint density at radius 2 is 0.931 bits per heavy atom. The standard InChI is InChI=1S/C22H42N4O3/c1-19(2)12-16(13-20(3,4)25(19)28)23-10-9-11-24(18(23)27)17-14-21(5,6)26(29)22(7,8)15-17/h16-17,28-29H,9-15H2,1-8H3. The number of carbonyl (C=O) groups excluding carboxylic acids is 1. The number of hydroxylamine groups is 4. The van der Waals surface area contributed by atoms with Gasteiger partial charge in [0.15, 0.2) is 0 Å². The lowest BCUT2D eigenvalue weighted by molar-refractivity contribution is -0.254. The Kier molecular flexibility index (Phi) is 5.56. The number of piperidine rings is 2. The number of hydrogen-bond donors (Lipinski definition) is 2. The van der Waals surface area contributed by atoms with Crippen molar-refractivity contribution in [2.75, 3.05) is 13.1 Å². The number of amides is 2. The van der Waals surface area contributed by atoms with Crippen molar-refractivity contribution in [1.29, 1.82) is 0 Å². The van der Waals surface area contributed by atoms with E-state index in [2.05, 4.69) is 65.2 Å². The van der Waals surface area contributed by atoms with Gasteiger partial charge in [0.25, 0.3) is 0 Å². The molecule has 0 aromatic rings. The quantitative estimate of drug-likeness (QED) is 0.722. The molecule has 29 heavy (non-hydrogen) atoms. The van der Waals surface area contributed by atoms with Crippen LogP contribution in [0.4, 0.5) is 4.79 Å². The summed E-state index contributed by atoms with van der Waals surface area (Å²) in [6.45, 7) is 18.0. The molecule has 0 bridgehead atoms. The third-order valence-electron chi connectivity index (χ3n) is 7.41. The van der Waals surface area contributed by atoms with Crippen molar-refractivity contribution in [3.8, 4) is 0 Å². The molecule has 2 amide bonds. The summed E-state index contributed by atoms with van der Waals surface area (Å²) in [5.41, 5.74) is -1.50. The van der Waals surface area contributed by atoms with E-state index >= 15 is 0 Å². The van der Waals surface area contributed by atoms with Crippen molar-refractivity contribution in [3.63, 3.8) is 0 Å². The molecule has 7 nitrogen and oxygen atoms in total. The van der Waals surface area contributed by atoms with Crippen LogP contribution in [0.15, 0.2) is 0 Å². The lowest BCUT2D eigenvalue weighted by Crippen LogP contribution is -2.68. The maximum atomic E-state index is 13.6. The molecule has 0 aliphatic carbocycles. The van der Waals surface area contributed by atoms with Gasteiger partial charge in [0.2, 0.25) is 0 Å². The van der Waals surface area contributed by atoms with Gasteiger partial charge in [0.1, 0.15) is 0 Å². The zero-order valence-corrected chi connectivity index (χ0v) is 19.7. The summed E-state index contributed by atoms with van der Waals surface area (Å²) in [4.78, 5) is 17.8. The van der Waals surface area contributed by atoms with Crippen LogP contribution < -0.4 is 0 Å². The molecule has 2 N–H and O–H groups in total. The van der Waals surface area contributed by atoms with Crippen LogP contribution in [0.25, 0.3) is 0 Å². The van der Waals surface area contributed by atoms with Crippen molar-refractivity contribution in [3.05, 3.63) is 0 Å². The molecule has 0 aromatic carbocycles. The summed E-state index contributed by atoms with van der Waals surface area (Å²) in [6.07, 6.45) is 4.01. The zero-order chi connectivity index (χ0) is 22.0. The molecule has 0 unspecified atom stereocenters. The number of rotatable bonds is 2. The Morgan fingerprint density at radius 3 is 1.21 bits per heavy atom. The first-order valence-corrected chi connectivity index (χ1v) is 11.1. The van der Waals surface area contributed by atoms with Gasteiger partial charge in [-0.1, -0.05) is 0 Å². The maximum Gasteiger partial charge on any atom is 0.320 e. The number of carbonyl (C=O) groups is 1. The average molecular weight is 411 g/mol. The zero-order valence-electron chi connectivity index (χ0n) is 19.7. The van der Waals surface area contributed by atoms with Crippen LogP contribution in [0, 0.1) is 0 Å². The smallest absolute Gasteiger partial charge is 0.320 e. The molecule has 0 atom stereocenters. The highest BCUT2D eigenvalue weighted by molar-refractivity contribution is 5.76. The average Bonchev–Trinajstić information content (AvgIpc) is 2.56. The highest BCUT2D eigenvalue weighted by Gasteiger charge is 2.51. The first kappa shape index (κ1) is 22.8. The Morgan fingerprint density at radius 1 is 0.655 bits per heavy atom. The fourth-order valence-electron chi connectivity index (χ4n) is 6.32. The molecule has 3 aliphatic rings. The normalized spacial score (nSPS) is 31.3. The minimum Gasteiger partial charge on any atom is -0.321 e. The highest BCUT2D eigenvalue weighted by Crippen LogP contribution is 2.42. The predicted octanol–water partition coefficient (Wildman–Crippen LogP) is 3.94. The van der Waals surface area contributed by atoms with Gasteiger partial charge in [-0.3, -0.25) is 0 Å². The second kappa shape index (κ2) is 7.08. The molecule has 0 saturated carbocycles. The van der Waals surface area contributed by atoms with Crippen LogP contribution in [-0.4, -0.2) is 83.7 Å². The Bertz CT molecular complexity index is 558. The number of nitrogens with zero attached hydrogens (tertiary/aromatic N) is 4. The van der Waals surface area contributed by atoms with Gasteiger partial charge in [0.05, 0.1) is 0 Å². The van der Waals surface area contributed by atoms with Crippen LogP contribution in [0.1, 0.15) is 87.5 Å². The summed E-state index contributed by atoms with van der Waals surface area (Å²) < 4.78 is 0. The van der Waals surface area contributed by atoms with E-state index in [1.807, 2.05) is 0 Å². The summed E-state index contributed by atoms with van der Waals surface area (Å²) in [6, 6.07) is 0.373. The van der Waals surface area contributed by atoms with Crippen molar-refractivity contribution in [1.82, 2.24) is 19.9 Å². The molecular weight excluding hydrogens is 368 g/mol. The largest absolute Gasteiger partial charge is 0.321 e. The third kappa shape index (κ3) is 4.03. The van der Waals surface area contributed by atoms with Gasteiger partial charge in [0, 0.05) is 47.3 Å². The van der Waals surface area contributed by atoms with Crippen LogP contribution in [-0.2, 0) is 0 Å². The fourth-order valence-corrected chi connectivity index (χ4v) is 6.32. The molecule has 7 heteroatoms. The number of urea groups is 1. The van der Waals surface area contributed by atoms with E-state index in [0.29, 0.717) is 0 Å². The third-order valence-corrected chi connectivity index (χ3v) is 7.41. The van der Waals surface area contributed by atoms with E-state index in [0.717, 1.165) is 45.2 Å². The minimum absolute atomic E-state index is 0.123. The van der Waals surface area contributed by atoms with E-state index in [1.54, 1.807) is 0 Å². The van der Waals surface area contributed by atoms with E-state index < -0.39 is 0 Å². The van der Waals surface area contributed by atoms with Gasteiger partial charge < -0.3 is 20.2 Å². The molecule has 0 aromatic heterocycles. The Labute approximate surface area is 176 Å². The highest BCUT2D eigenvalue weighted by atomic mass is 16.5. The van der Waals surface area contributed by atoms with Gasteiger partial charge in [-0.25, -0.2) is 4.79 Å². The molecule has 3 fully saturated rings. The monoisotopic (exact) mass is 410 g/mol. The van der Waals surface area contributed by atoms with Crippen molar-refractivity contribution < 1.29 is 15.2 Å². The molecule has 0 radical (unpaired) electrons. The molecule has 168 valence electrons. The summed E-state index contributed by atoms with van der Waals surface area (Å²) in [5, 5.41) is 24.2. The van der Waals surface area contributed by atoms with E-state index in [9.17, 15) is 15.2 Å². The van der Waals surface area contributed by atoms with Crippen LogP contribution in [0.2, 0.25) is 0 Å². The summed E-state index contributed by atoms with van der Waals surface area (Å²) in [5.74, 6) is 0. The SMILES string of the molecule is CC1(C)CC(N2CCCN(C3CC(C)(C)N(O)C(C)(C)C3)C2=O)CC(C)(C)N1O. The summed E-state index contributed by atoms with van der Waals surface area (Å²) in [7, 11) is 0. The van der Waals surface area contributed by atoms with Gasteiger partial charge in [-0.05, 0) is 87.5 Å². The molecular formula is C22H42N4O3. The van der Waals surface area contributed by atoms with Gasteiger partial charge >= 0.3 is 6.03 Å². The van der Waals surface area contributed by atoms with E-state index in [1.165, 1.54) is 10.1 Å². The lowest BCUT2D eigenvalue weighted by atomic mass is 9.77. The van der Waals surface area contributed by atoms with Crippen LogP contribution >= 0.6 is 0 Å². The fraction of sp³-hybridized carbons (Fsp3) is 0.955. The molecule has 3 rings (SSSR count). The van der Waals surface area contributed by atoms with Gasteiger partial charge in [-0.15, -0.1) is 0 Å². The second-order valence-electron chi connectivity index (χ2n) is 12.0. The van der Waals surface area contributed by atoms with Gasteiger partial charge in [-0.2, -0.15) is 10.1 Å². The maximum absolute atomic E-state index is 13.6. The predicted molar refractivity (Wildman–Crippen MR) is 113 cm³/mol. The van der Waals surface area contributed by atoms with Crippen LogP contribution in [0.3, 0.4) is 0 Å².